The Morgan fingerprint density at radius 2 is 2.00 bits per heavy atom. The van der Waals surface area contributed by atoms with E-state index in [1.807, 2.05) is 0 Å². The number of hydrogen-bond donors (Lipinski definition) is 3. The van der Waals surface area contributed by atoms with Crippen LogP contribution in [0.25, 0.3) is 0 Å². The molecule has 1 aromatic carbocycles. The van der Waals surface area contributed by atoms with Crippen LogP contribution in [0.15, 0.2) is 24.3 Å². The van der Waals surface area contributed by atoms with Crippen LogP contribution in [-0.4, -0.2) is 36.8 Å². The van der Waals surface area contributed by atoms with E-state index in [1.165, 1.54) is 12.1 Å². The largest absolute Gasteiger partial charge is 0.391 e. The lowest BCUT2D eigenvalue weighted by molar-refractivity contribution is -0.123. The maximum Gasteiger partial charge on any atom is 0.230 e. The van der Waals surface area contributed by atoms with E-state index < -0.39 is 11.5 Å². The quantitative estimate of drug-likeness (QED) is 0.776. The molecule has 21 heavy (non-hydrogen) atoms. The Kier molecular flexibility index (Phi) is 4.86. The molecule has 3 rings (SSSR count). The van der Waals surface area contributed by atoms with Crippen molar-refractivity contribution >= 4 is 18.3 Å². The molecule has 0 aromatic heterocycles. The monoisotopic (exact) mass is 314 g/mol. The molecule has 6 heteroatoms. The number of aliphatic hydroxyl groups excluding tert-OH is 1. The van der Waals surface area contributed by atoms with Gasteiger partial charge in [0.25, 0.3) is 0 Å². The lowest BCUT2D eigenvalue weighted by atomic mass is 9.94. The van der Waals surface area contributed by atoms with E-state index >= 15 is 0 Å². The number of β-amino-alcohol motifs (C(OH)–C–C–N with tert-alkyl or cyclic N) is 1. The number of carbonyl (C=O) groups excluding carboxylic acids is 1. The SMILES string of the molecule is Cl.O=C(NCC1CNCC1O)C1(c2ccc(F)cc2)CC1. The zero-order chi connectivity index (χ0) is 14.2. The van der Waals surface area contributed by atoms with Gasteiger partial charge in [0, 0.05) is 25.6 Å². The Labute approximate surface area is 129 Å². The van der Waals surface area contributed by atoms with Gasteiger partial charge in [-0.25, -0.2) is 4.39 Å². The highest BCUT2D eigenvalue weighted by atomic mass is 35.5. The van der Waals surface area contributed by atoms with Crippen LogP contribution in [0.5, 0.6) is 0 Å². The van der Waals surface area contributed by atoms with Gasteiger partial charge in [-0.05, 0) is 30.5 Å². The lowest BCUT2D eigenvalue weighted by Crippen LogP contribution is -2.40. The number of aliphatic hydroxyl groups is 1. The van der Waals surface area contributed by atoms with Gasteiger partial charge in [0.1, 0.15) is 5.82 Å². The fourth-order valence-electron chi connectivity index (χ4n) is 2.86. The molecule has 0 radical (unpaired) electrons. The van der Waals surface area contributed by atoms with Gasteiger partial charge in [-0.1, -0.05) is 12.1 Å². The predicted molar refractivity (Wildman–Crippen MR) is 79.9 cm³/mol. The molecule has 1 aliphatic heterocycles. The summed E-state index contributed by atoms with van der Waals surface area (Å²) in [5, 5.41) is 15.7. The number of rotatable bonds is 4. The molecule has 2 aliphatic rings. The Hall–Kier alpha value is -1.17. The normalized spacial score (nSPS) is 26.0. The second kappa shape index (κ2) is 6.30. The van der Waals surface area contributed by atoms with Crippen LogP contribution in [-0.2, 0) is 10.2 Å². The van der Waals surface area contributed by atoms with Crippen molar-refractivity contribution in [3.63, 3.8) is 0 Å². The summed E-state index contributed by atoms with van der Waals surface area (Å²) in [6.45, 7) is 1.80. The first-order valence-corrected chi connectivity index (χ1v) is 7.05. The molecular weight excluding hydrogens is 295 g/mol. The third-order valence-corrected chi connectivity index (χ3v) is 4.41. The van der Waals surface area contributed by atoms with Crippen LogP contribution in [0, 0.1) is 11.7 Å². The molecule has 2 unspecified atom stereocenters. The third kappa shape index (κ3) is 3.20. The van der Waals surface area contributed by atoms with Crippen molar-refractivity contribution in [3.05, 3.63) is 35.6 Å². The molecule has 1 saturated heterocycles. The second-order valence-electron chi connectivity index (χ2n) is 5.78. The van der Waals surface area contributed by atoms with Crippen molar-refractivity contribution in [2.45, 2.75) is 24.4 Å². The fraction of sp³-hybridized carbons (Fsp3) is 0.533. The summed E-state index contributed by atoms with van der Waals surface area (Å²) in [6.07, 6.45) is 1.21. The van der Waals surface area contributed by atoms with Gasteiger partial charge < -0.3 is 15.7 Å². The topological polar surface area (TPSA) is 61.4 Å². The molecular formula is C15H20ClFN2O2. The predicted octanol–water partition coefficient (Wildman–Crippen LogP) is 0.976. The molecule has 116 valence electrons. The molecule has 3 N–H and O–H groups in total. The van der Waals surface area contributed by atoms with Crippen molar-refractivity contribution in [1.82, 2.24) is 10.6 Å². The van der Waals surface area contributed by atoms with Gasteiger partial charge >= 0.3 is 0 Å². The lowest BCUT2D eigenvalue weighted by Gasteiger charge is -2.19. The van der Waals surface area contributed by atoms with E-state index in [0.29, 0.717) is 13.1 Å². The van der Waals surface area contributed by atoms with Crippen molar-refractivity contribution in [2.75, 3.05) is 19.6 Å². The zero-order valence-corrected chi connectivity index (χ0v) is 12.5. The van der Waals surface area contributed by atoms with Crippen LogP contribution < -0.4 is 10.6 Å². The Balaban J connectivity index is 0.00000161. The summed E-state index contributed by atoms with van der Waals surface area (Å²) in [6, 6.07) is 6.17. The van der Waals surface area contributed by atoms with E-state index in [4.69, 9.17) is 0 Å². The van der Waals surface area contributed by atoms with Gasteiger partial charge in [-0.2, -0.15) is 0 Å². The van der Waals surface area contributed by atoms with Crippen LogP contribution >= 0.6 is 12.4 Å². The van der Waals surface area contributed by atoms with E-state index in [9.17, 15) is 14.3 Å². The van der Waals surface area contributed by atoms with Gasteiger partial charge in [-0.15, -0.1) is 12.4 Å². The smallest absolute Gasteiger partial charge is 0.230 e. The van der Waals surface area contributed by atoms with E-state index in [-0.39, 0.29) is 30.0 Å². The highest BCUT2D eigenvalue weighted by Crippen LogP contribution is 2.48. The summed E-state index contributed by atoms with van der Waals surface area (Å²) in [4.78, 5) is 12.4. The summed E-state index contributed by atoms with van der Waals surface area (Å²) in [5.74, 6) is -0.226. The minimum Gasteiger partial charge on any atom is -0.391 e. The van der Waals surface area contributed by atoms with Crippen LogP contribution in [0.1, 0.15) is 18.4 Å². The fourth-order valence-corrected chi connectivity index (χ4v) is 2.86. The maximum absolute atomic E-state index is 13.0. The van der Waals surface area contributed by atoms with Gasteiger partial charge in [-0.3, -0.25) is 4.79 Å². The average molecular weight is 315 g/mol. The molecule has 1 amide bonds. The highest BCUT2D eigenvalue weighted by Gasteiger charge is 2.51. The van der Waals surface area contributed by atoms with Gasteiger partial charge in [0.2, 0.25) is 5.91 Å². The molecule has 0 bridgehead atoms. The Morgan fingerprint density at radius 3 is 2.52 bits per heavy atom. The number of nitrogens with one attached hydrogen (secondary N) is 2. The molecule has 1 saturated carbocycles. The van der Waals surface area contributed by atoms with Crippen molar-refractivity contribution in [2.24, 2.45) is 5.92 Å². The summed E-state index contributed by atoms with van der Waals surface area (Å²) >= 11 is 0. The molecule has 1 aromatic rings. The van der Waals surface area contributed by atoms with Crippen molar-refractivity contribution in [1.29, 1.82) is 0 Å². The molecule has 2 atom stereocenters. The second-order valence-corrected chi connectivity index (χ2v) is 5.78. The first kappa shape index (κ1) is 16.2. The number of amides is 1. The first-order valence-electron chi connectivity index (χ1n) is 7.05. The first-order chi connectivity index (χ1) is 9.62. The summed E-state index contributed by atoms with van der Waals surface area (Å²) < 4.78 is 13.0. The molecule has 1 heterocycles. The number of halogens is 2. The van der Waals surface area contributed by atoms with E-state index in [0.717, 1.165) is 24.9 Å². The van der Waals surface area contributed by atoms with Gasteiger partial charge in [0.05, 0.1) is 11.5 Å². The minimum absolute atomic E-state index is 0. The van der Waals surface area contributed by atoms with Crippen molar-refractivity contribution in [3.8, 4) is 0 Å². The van der Waals surface area contributed by atoms with Gasteiger partial charge in [0.15, 0.2) is 0 Å². The highest BCUT2D eigenvalue weighted by molar-refractivity contribution is 5.91. The minimum atomic E-state index is -0.481. The van der Waals surface area contributed by atoms with Crippen LogP contribution in [0.3, 0.4) is 0 Å². The number of benzene rings is 1. The van der Waals surface area contributed by atoms with Crippen LogP contribution in [0.2, 0.25) is 0 Å². The Bertz CT molecular complexity index is 505. The van der Waals surface area contributed by atoms with E-state index in [2.05, 4.69) is 10.6 Å². The summed E-state index contributed by atoms with van der Waals surface area (Å²) in [7, 11) is 0. The number of hydrogen-bond acceptors (Lipinski definition) is 3. The Morgan fingerprint density at radius 1 is 1.33 bits per heavy atom. The third-order valence-electron chi connectivity index (χ3n) is 4.41. The molecule has 2 fully saturated rings. The molecule has 0 spiro atoms. The molecule has 1 aliphatic carbocycles. The van der Waals surface area contributed by atoms with E-state index in [1.54, 1.807) is 12.1 Å². The standard InChI is InChI=1S/C15H19FN2O2.ClH/c16-12-3-1-11(2-4-12)15(5-6-15)14(20)18-8-10-7-17-9-13(10)19;/h1-4,10,13,17,19H,5-9H2,(H,18,20);1H. The molecule has 4 nitrogen and oxygen atoms in total. The zero-order valence-electron chi connectivity index (χ0n) is 11.6. The van der Waals surface area contributed by atoms with Crippen LogP contribution in [0.4, 0.5) is 4.39 Å². The summed E-state index contributed by atoms with van der Waals surface area (Å²) in [5.41, 5.74) is 0.395. The average Bonchev–Trinajstić information content (AvgIpc) is 3.15. The van der Waals surface area contributed by atoms with Crippen molar-refractivity contribution < 1.29 is 14.3 Å². The maximum atomic E-state index is 13.0. The number of carbonyl (C=O) groups is 1.